The quantitative estimate of drug-likeness (QED) is 0.332. The summed E-state index contributed by atoms with van der Waals surface area (Å²) in [5.41, 5.74) is 0. The van der Waals surface area contributed by atoms with Crippen molar-refractivity contribution in [3.8, 4) is 0 Å². The van der Waals surface area contributed by atoms with Crippen molar-refractivity contribution in [1.29, 1.82) is 0 Å². The Kier molecular flexibility index (Phi) is 4.17. The fourth-order valence-electron chi connectivity index (χ4n) is 0.398. The van der Waals surface area contributed by atoms with Gasteiger partial charge < -0.3 is 0 Å². The largest absolute Gasteiger partial charge is 0.169 e. The highest BCUT2D eigenvalue weighted by atomic mass is 32.2. The third-order valence-corrected chi connectivity index (χ3v) is 3.47. The summed E-state index contributed by atoms with van der Waals surface area (Å²) in [6.07, 6.45) is 2.62. The molecule has 0 aliphatic heterocycles. The van der Waals surface area contributed by atoms with Gasteiger partial charge in [0.2, 0.25) is 0 Å². The molecule has 0 heterocycles. The van der Waals surface area contributed by atoms with Gasteiger partial charge in [-0.1, -0.05) is 13.0 Å². The van der Waals surface area contributed by atoms with E-state index in [1.165, 1.54) is 0 Å². The van der Waals surface area contributed by atoms with Gasteiger partial charge in [-0.25, -0.2) is 0 Å². The summed E-state index contributed by atoms with van der Waals surface area (Å²) >= 11 is 12.8. The molecule has 0 fully saturated rings. The minimum atomic E-state index is -0.315. The second-order valence-electron chi connectivity index (χ2n) is 1.91. The molecule has 0 aliphatic carbocycles. The average molecular weight is 180 g/mol. The topological polar surface area (TPSA) is 0 Å². The van der Waals surface area contributed by atoms with Gasteiger partial charge in [0.05, 0.1) is 4.08 Å². The van der Waals surface area contributed by atoms with Gasteiger partial charge in [0, 0.05) is 5.25 Å². The van der Waals surface area contributed by atoms with Crippen LogP contribution in [-0.4, -0.2) is 9.33 Å². The van der Waals surface area contributed by atoms with E-state index in [-0.39, 0.29) is 9.33 Å². The molecule has 0 aromatic rings. The number of hydrogen-bond acceptors (Lipinski definition) is 3. The molecule has 54 valence electrons. The van der Waals surface area contributed by atoms with Gasteiger partial charge in [-0.05, 0) is 6.42 Å². The van der Waals surface area contributed by atoms with Crippen molar-refractivity contribution in [1.82, 2.24) is 0 Å². The first-order valence-electron chi connectivity index (χ1n) is 2.80. The summed E-state index contributed by atoms with van der Waals surface area (Å²) in [6.45, 7) is 5.62. The van der Waals surface area contributed by atoms with Crippen LogP contribution in [0.15, 0.2) is 12.7 Å². The van der Waals surface area contributed by atoms with Crippen molar-refractivity contribution < 1.29 is 0 Å². The molecule has 0 aliphatic rings. The fourth-order valence-corrected chi connectivity index (χ4v) is 0.791. The van der Waals surface area contributed by atoms with Crippen LogP contribution in [0.25, 0.3) is 0 Å². The molecule has 3 heteroatoms. The predicted molar refractivity (Wildman–Crippen MR) is 54.0 cm³/mol. The zero-order valence-corrected chi connectivity index (χ0v) is 8.09. The van der Waals surface area contributed by atoms with Crippen LogP contribution in [0, 0.1) is 0 Å². The van der Waals surface area contributed by atoms with Gasteiger partial charge in [-0.15, -0.1) is 6.58 Å². The van der Waals surface area contributed by atoms with Crippen molar-refractivity contribution >= 4 is 37.9 Å². The molecule has 0 N–H and O–H groups in total. The maximum absolute atomic E-state index is 4.28. The monoisotopic (exact) mass is 180 g/mol. The second kappa shape index (κ2) is 3.84. The molecule has 1 unspecified atom stereocenters. The summed E-state index contributed by atoms with van der Waals surface area (Å²) in [5, 5.41) is 0.0502. The van der Waals surface area contributed by atoms with Crippen LogP contribution in [0.2, 0.25) is 0 Å². The molecule has 0 spiro atoms. The van der Waals surface area contributed by atoms with Crippen LogP contribution < -0.4 is 0 Å². The van der Waals surface area contributed by atoms with E-state index in [0.29, 0.717) is 0 Å². The van der Waals surface area contributed by atoms with Gasteiger partial charge in [0.15, 0.2) is 0 Å². The normalized spacial score (nSPS) is 15.1. The highest BCUT2D eigenvalue weighted by Gasteiger charge is 2.23. The lowest BCUT2D eigenvalue weighted by molar-refractivity contribution is 0.808. The summed E-state index contributed by atoms with van der Waals surface area (Å²) in [4.78, 5) is 0. The first-order valence-corrected chi connectivity index (χ1v) is 4.21. The van der Waals surface area contributed by atoms with Crippen molar-refractivity contribution in [2.75, 3.05) is 0 Å². The van der Waals surface area contributed by atoms with Crippen LogP contribution in [0.3, 0.4) is 0 Å². The first kappa shape index (κ1) is 9.79. The third kappa shape index (κ3) is 2.92. The maximum Gasteiger partial charge on any atom is 0.0699 e. The Labute approximate surface area is 73.3 Å². The Morgan fingerprint density at radius 1 is 1.67 bits per heavy atom. The lowest BCUT2D eigenvalue weighted by atomic mass is 10.2. The molecule has 0 saturated carbocycles. The van der Waals surface area contributed by atoms with Crippen LogP contribution >= 0.6 is 37.9 Å². The molecule has 0 amide bonds. The van der Waals surface area contributed by atoms with Gasteiger partial charge in [0.1, 0.15) is 0 Å². The Bertz CT molecular complexity index is 98.5. The van der Waals surface area contributed by atoms with Gasteiger partial charge in [-0.3, -0.25) is 0 Å². The number of rotatable bonds is 3. The SMILES string of the molecule is C=CC(S)C(S)(S)CC. The van der Waals surface area contributed by atoms with Gasteiger partial charge in [-0.2, -0.15) is 37.9 Å². The molecule has 0 bridgehead atoms. The van der Waals surface area contributed by atoms with E-state index in [4.69, 9.17) is 0 Å². The lowest BCUT2D eigenvalue weighted by Crippen LogP contribution is -2.23. The van der Waals surface area contributed by atoms with Crippen LogP contribution in [0.4, 0.5) is 0 Å². The lowest BCUT2D eigenvalue weighted by Gasteiger charge is -2.24. The summed E-state index contributed by atoms with van der Waals surface area (Å²) in [6, 6.07) is 0. The predicted octanol–water partition coefficient (Wildman–Crippen LogP) is 2.44. The van der Waals surface area contributed by atoms with E-state index in [2.05, 4.69) is 44.5 Å². The minimum Gasteiger partial charge on any atom is -0.169 e. The van der Waals surface area contributed by atoms with Gasteiger partial charge in [0.25, 0.3) is 0 Å². The zero-order valence-electron chi connectivity index (χ0n) is 5.41. The maximum atomic E-state index is 4.28. The first-order chi connectivity index (χ1) is 4.04. The molecular weight excluding hydrogens is 168 g/mol. The Morgan fingerprint density at radius 2 is 2.11 bits per heavy atom. The standard InChI is InChI=1S/C6H12S3/c1-3-5(7)6(8,9)4-2/h3,5,7-9H,1,4H2,2H3. The highest BCUT2D eigenvalue weighted by molar-refractivity contribution is 8.02. The second-order valence-corrected chi connectivity index (χ2v) is 4.42. The Balaban J connectivity index is 3.95. The molecule has 0 rings (SSSR count). The molecule has 0 saturated heterocycles. The smallest absolute Gasteiger partial charge is 0.0699 e. The van der Waals surface area contributed by atoms with E-state index in [0.717, 1.165) is 6.42 Å². The van der Waals surface area contributed by atoms with Crippen molar-refractivity contribution in [2.45, 2.75) is 22.7 Å². The molecule has 1 atom stereocenters. The Hall–Kier alpha value is 0.790. The molecule has 0 aromatic carbocycles. The molecular formula is C6H12S3. The van der Waals surface area contributed by atoms with E-state index in [9.17, 15) is 0 Å². The third-order valence-electron chi connectivity index (χ3n) is 1.22. The molecule has 9 heavy (non-hydrogen) atoms. The molecule has 0 aromatic heterocycles. The van der Waals surface area contributed by atoms with Crippen molar-refractivity contribution in [3.63, 3.8) is 0 Å². The highest BCUT2D eigenvalue weighted by Crippen LogP contribution is 2.31. The Morgan fingerprint density at radius 3 is 2.22 bits per heavy atom. The summed E-state index contributed by atoms with van der Waals surface area (Å²) < 4.78 is -0.315. The van der Waals surface area contributed by atoms with E-state index in [1.54, 1.807) is 6.08 Å². The van der Waals surface area contributed by atoms with E-state index < -0.39 is 0 Å². The average Bonchev–Trinajstić information content (AvgIpc) is 1.86. The van der Waals surface area contributed by atoms with Crippen molar-refractivity contribution in [3.05, 3.63) is 12.7 Å². The van der Waals surface area contributed by atoms with Crippen LogP contribution in [0.1, 0.15) is 13.3 Å². The van der Waals surface area contributed by atoms with Gasteiger partial charge >= 0.3 is 0 Å². The van der Waals surface area contributed by atoms with Crippen LogP contribution in [-0.2, 0) is 0 Å². The van der Waals surface area contributed by atoms with E-state index in [1.807, 2.05) is 6.92 Å². The summed E-state index contributed by atoms with van der Waals surface area (Å²) in [5.74, 6) is 0. The fraction of sp³-hybridized carbons (Fsp3) is 0.667. The summed E-state index contributed by atoms with van der Waals surface area (Å²) in [7, 11) is 0. The molecule has 0 nitrogen and oxygen atoms in total. The number of thiol groups is 3. The number of hydrogen-bond donors (Lipinski definition) is 3. The van der Waals surface area contributed by atoms with E-state index >= 15 is 0 Å². The van der Waals surface area contributed by atoms with Crippen molar-refractivity contribution in [2.24, 2.45) is 0 Å². The minimum absolute atomic E-state index is 0.0502. The molecule has 0 radical (unpaired) electrons. The van der Waals surface area contributed by atoms with Crippen LogP contribution in [0.5, 0.6) is 0 Å². The zero-order chi connectivity index (χ0) is 7.49.